The van der Waals surface area contributed by atoms with Gasteiger partial charge >= 0.3 is 0 Å². The van der Waals surface area contributed by atoms with Gasteiger partial charge in [0.1, 0.15) is 5.54 Å². The van der Waals surface area contributed by atoms with Crippen molar-refractivity contribution < 1.29 is 9.59 Å². The van der Waals surface area contributed by atoms with Gasteiger partial charge in [-0.2, -0.15) is 0 Å². The van der Waals surface area contributed by atoms with Crippen molar-refractivity contribution in [2.24, 2.45) is 17.8 Å². The molecule has 4 fully saturated rings. The first-order chi connectivity index (χ1) is 12.6. The molecule has 5 heteroatoms. The molecule has 0 aromatic heterocycles. The molecular formula is C21H35N3O2. The maximum absolute atomic E-state index is 13.2. The molecule has 26 heavy (non-hydrogen) atoms. The topological polar surface area (TPSA) is 52.7 Å². The predicted octanol–water partition coefficient (Wildman–Crippen LogP) is 2.75. The Morgan fingerprint density at radius 2 is 2.12 bits per heavy atom. The molecule has 2 aliphatic heterocycles. The summed E-state index contributed by atoms with van der Waals surface area (Å²) >= 11 is 0. The van der Waals surface area contributed by atoms with Crippen molar-refractivity contribution in [3.63, 3.8) is 0 Å². The van der Waals surface area contributed by atoms with Crippen molar-refractivity contribution in [2.45, 2.75) is 83.3 Å². The second-order valence-corrected chi connectivity index (χ2v) is 9.12. The van der Waals surface area contributed by atoms with Gasteiger partial charge in [0.2, 0.25) is 11.8 Å². The van der Waals surface area contributed by atoms with Gasteiger partial charge in [-0.3, -0.25) is 14.9 Å². The summed E-state index contributed by atoms with van der Waals surface area (Å²) in [5, 5.41) is 3.68. The average Bonchev–Trinajstić information content (AvgIpc) is 3.34. The second-order valence-electron chi connectivity index (χ2n) is 9.12. The molecule has 2 aliphatic carbocycles. The fourth-order valence-electron chi connectivity index (χ4n) is 6.18. The first-order valence-electron chi connectivity index (χ1n) is 11.0. The fourth-order valence-corrected chi connectivity index (χ4v) is 6.18. The molecule has 1 spiro atoms. The number of nitrogens with zero attached hydrogens (tertiary/aromatic N) is 2. The normalized spacial score (nSPS) is 39.4. The molecule has 5 nitrogen and oxygen atoms in total. The van der Waals surface area contributed by atoms with Crippen LogP contribution in [0.4, 0.5) is 0 Å². The van der Waals surface area contributed by atoms with Crippen LogP contribution in [-0.4, -0.2) is 53.0 Å². The van der Waals surface area contributed by atoms with Crippen LogP contribution < -0.4 is 5.32 Å². The predicted molar refractivity (Wildman–Crippen MR) is 101 cm³/mol. The van der Waals surface area contributed by atoms with E-state index in [9.17, 15) is 9.59 Å². The minimum absolute atomic E-state index is 0.144. The monoisotopic (exact) mass is 361 g/mol. The summed E-state index contributed by atoms with van der Waals surface area (Å²) in [6.07, 6.45) is 10.1. The lowest BCUT2D eigenvalue weighted by Gasteiger charge is -2.40. The molecule has 4 rings (SSSR count). The van der Waals surface area contributed by atoms with Crippen molar-refractivity contribution in [3.05, 3.63) is 0 Å². The smallest absolute Gasteiger partial charge is 0.246 e. The number of fused-ring (bicyclic) bond motifs is 2. The molecule has 0 aromatic carbocycles. The zero-order chi connectivity index (χ0) is 18.3. The van der Waals surface area contributed by atoms with Gasteiger partial charge in [0.15, 0.2) is 0 Å². The number of unbranched alkanes of at least 4 members (excludes halogenated alkanes) is 1. The third-order valence-electron chi connectivity index (χ3n) is 7.52. The van der Waals surface area contributed by atoms with E-state index in [1.54, 1.807) is 0 Å². The van der Waals surface area contributed by atoms with Crippen LogP contribution in [0.5, 0.6) is 0 Å². The van der Waals surface area contributed by atoms with E-state index in [1.807, 2.05) is 9.80 Å². The van der Waals surface area contributed by atoms with E-state index in [0.29, 0.717) is 18.4 Å². The number of rotatable bonds is 5. The van der Waals surface area contributed by atoms with Gasteiger partial charge in [-0.05, 0) is 57.3 Å². The second kappa shape index (κ2) is 7.14. The van der Waals surface area contributed by atoms with E-state index >= 15 is 0 Å². The molecule has 0 aromatic rings. The highest BCUT2D eigenvalue weighted by atomic mass is 16.2. The third kappa shape index (κ3) is 2.96. The van der Waals surface area contributed by atoms with Crippen LogP contribution in [0.15, 0.2) is 0 Å². The van der Waals surface area contributed by atoms with Crippen LogP contribution in [0.1, 0.15) is 71.6 Å². The molecule has 0 radical (unpaired) electrons. The maximum atomic E-state index is 13.2. The zero-order valence-electron chi connectivity index (χ0n) is 16.5. The minimum atomic E-state index is -0.528. The summed E-state index contributed by atoms with van der Waals surface area (Å²) in [5.41, 5.74) is -0.528. The summed E-state index contributed by atoms with van der Waals surface area (Å²) in [6, 6.07) is 0. The van der Waals surface area contributed by atoms with Crippen LogP contribution in [0, 0.1) is 17.8 Å². The van der Waals surface area contributed by atoms with Crippen molar-refractivity contribution in [1.29, 1.82) is 0 Å². The molecule has 5 unspecified atom stereocenters. The van der Waals surface area contributed by atoms with Gasteiger partial charge in [0.05, 0.1) is 6.17 Å². The summed E-state index contributed by atoms with van der Waals surface area (Å²) in [5.74, 6) is 2.20. The molecule has 4 aliphatic rings. The summed E-state index contributed by atoms with van der Waals surface area (Å²) in [6.45, 7) is 6.42. The third-order valence-corrected chi connectivity index (χ3v) is 7.52. The number of likely N-dealkylation sites (tertiary alicyclic amines) is 1. The van der Waals surface area contributed by atoms with Crippen LogP contribution in [0.2, 0.25) is 0 Å². The van der Waals surface area contributed by atoms with Gasteiger partial charge in [0, 0.05) is 25.6 Å². The number of amides is 2. The average molecular weight is 362 g/mol. The van der Waals surface area contributed by atoms with Crippen molar-refractivity contribution in [2.75, 3.05) is 19.6 Å². The lowest BCUT2D eigenvalue weighted by molar-refractivity contribution is -0.143. The highest BCUT2D eigenvalue weighted by molar-refractivity contribution is 5.90. The Hall–Kier alpha value is -1.10. The van der Waals surface area contributed by atoms with Crippen LogP contribution in [-0.2, 0) is 9.59 Å². The van der Waals surface area contributed by atoms with E-state index < -0.39 is 5.54 Å². The number of carbonyl (C=O) groups excluding carboxylic acids is 2. The summed E-state index contributed by atoms with van der Waals surface area (Å²) < 4.78 is 0. The summed E-state index contributed by atoms with van der Waals surface area (Å²) in [4.78, 5) is 30.5. The molecular weight excluding hydrogens is 326 g/mol. The Morgan fingerprint density at radius 3 is 2.77 bits per heavy atom. The first-order valence-corrected chi connectivity index (χ1v) is 11.0. The Kier molecular flexibility index (Phi) is 5.02. The van der Waals surface area contributed by atoms with Crippen molar-refractivity contribution in [1.82, 2.24) is 15.1 Å². The number of likely N-dealkylation sites (N-methyl/N-ethyl adjacent to an activating group) is 1. The Bertz CT molecular complexity index is 565. The number of hydrogen-bond acceptors (Lipinski definition) is 3. The van der Waals surface area contributed by atoms with Crippen molar-refractivity contribution >= 4 is 11.8 Å². The number of piperidine rings is 1. The molecule has 1 N–H and O–H groups in total. The molecule has 2 saturated carbocycles. The molecule has 2 bridgehead atoms. The Labute approximate surface area is 157 Å². The van der Waals surface area contributed by atoms with Gasteiger partial charge in [0.25, 0.3) is 0 Å². The summed E-state index contributed by atoms with van der Waals surface area (Å²) in [7, 11) is 0. The van der Waals surface area contributed by atoms with Crippen LogP contribution in [0.25, 0.3) is 0 Å². The number of carbonyl (C=O) groups is 2. The standard InChI is InChI=1S/C21H35N3O2/c1-3-5-7-18-22-21(20(26)24(18)4-2)10-6-11-23(14-21)19(25)17-13-15-8-9-16(17)12-15/h15-18,22H,3-14H2,1-2H3. The lowest BCUT2D eigenvalue weighted by atomic mass is 9.84. The van der Waals surface area contributed by atoms with E-state index in [-0.39, 0.29) is 18.0 Å². The highest BCUT2D eigenvalue weighted by Crippen LogP contribution is 2.49. The first kappa shape index (κ1) is 18.3. The lowest BCUT2D eigenvalue weighted by Crippen LogP contribution is -2.60. The highest BCUT2D eigenvalue weighted by Gasteiger charge is 2.54. The Morgan fingerprint density at radius 1 is 1.27 bits per heavy atom. The zero-order valence-corrected chi connectivity index (χ0v) is 16.5. The maximum Gasteiger partial charge on any atom is 0.246 e. The number of nitrogens with one attached hydrogen (secondary N) is 1. The quantitative estimate of drug-likeness (QED) is 0.819. The molecule has 2 amide bonds. The largest absolute Gasteiger partial charge is 0.340 e. The van der Waals surface area contributed by atoms with Crippen LogP contribution >= 0.6 is 0 Å². The molecule has 2 saturated heterocycles. The molecule has 146 valence electrons. The van der Waals surface area contributed by atoms with E-state index in [4.69, 9.17) is 0 Å². The van der Waals surface area contributed by atoms with E-state index in [2.05, 4.69) is 19.2 Å². The number of hydrogen-bond donors (Lipinski definition) is 1. The van der Waals surface area contributed by atoms with Gasteiger partial charge in [-0.15, -0.1) is 0 Å². The van der Waals surface area contributed by atoms with E-state index in [1.165, 1.54) is 19.3 Å². The molecule has 2 heterocycles. The van der Waals surface area contributed by atoms with Crippen LogP contribution in [0.3, 0.4) is 0 Å². The Balaban J connectivity index is 1.47. The van der Waals surface area contributed by atoms with E-state index in [0.717, 1.165) is 57.5 Å². The molecule has 5 atom stereocenters. The van der Waals surface area contributed by atoms with Gasteiger partial charge < -0.3 is 9.80 Å². The van der Waals surface area contributed by atoms with Gasteiger partial charge in [-0.25, -0.2) is 0 Å². The SMILES string of the molecule is CCCCC1NC2(CCCN(C(=O)C3CC4CCC3C4)C2)C(=O)N1CC. The fraction of sp³-hybridized carbons (Fsp3) is 0.905. The van der Waals surface area contributed by atoms with Crippen molar-refractivity contribution in [3.8, 4) is 0 Å². The minimum Gasteiger partial charge on any atom is -0.340 e. The van der Waals surface area contributed by atoms with Gasteiger partial charge in [-0.1, -0.05) is 26.2 Å².